The van der Waals surface area contributed by atoms with Crippen molar-refractivity contribution in [2.24, 2.45) is 16.8 Å². The van der Waals surface area contributed by atoms with Crippen LogP contribution in [0.1, 0.15) is 65.7 Å². The summed E-state index contributed by atoms with van der Waals surface area (Å²) in [6, 6.07) is 0.372. The number of aliphatic imine (C=N–C) groups is 1. The maximum atomic E-state index is 12.0. The molecular weight excluding hydrogens is 312 g/mol. The van der Waals surface area contributed by atoms with Crippen LogP contribution in [0.15, 0.2) is 4.99 Å². The van der Waals surface area contributed by atoms with Crippen molar-refractivity contribution in [2.45, 2.75) is 71.8 Å². The molecule has 0 aromatic heterocycles. The van der Waals surface area contributed by atoms with Crippen molar-refractivity contribution in [3.05, 3.63) is 0 Å². The van der Waals surface area contributed by atoms with Crippen molar-refractivity contribution in [2.75, 3.05) is 33.2 Å². The van der Waals surface area contributed by atoms with Gasteiger partial charge >= 0.3 is 0 Å². The smallest absolute Gasteiger partial charge is 0.222 e. The first kappa shape index (κ1) is 20.1. The predicted molar refractivity (Wildman–Crippen MR) is 105 cm³/mol. The van der Waals surface area contributed by atoms with Crippen LogP contribution in [0.5, 0.6) is 0 Å². The average molecular weight is 351 g/mol. The first-order valence-corrected chi connectivity index (χ1v) is 10.4. The largest absolute Gasteiger partial charge is 0.356 e. The monoisotopic (exact) mass is 350 g/mol. The van der Waals surface area contributed by atoms with Gasteiger partial charge in [-0.05, 0) is 37.5 Å². The molecule has 2 unspecified atom stereocenters. The molecule has 0 bridgehead atoms. The fourth-order valence-electron chi connectivity index (χ4n) is 4.64. The second kappa shape index (κ2) is 10.0. The van der Waals surface area contributed by atoms with E-state index in [0.29, 0.717) is 11.9 Å². The fraction of sp³-hybridized carbons (Fsp3) is 0.900. The molecule has 0 saturated carbocycles. The lowest BCUT2D eigenvalue weighted by Crippen LogP contribution is -2.43. The fourth-order valence-corrected chi connectivity index (χ4v) is 4.64. The van der Waals surface area contributed by atoms with E-state index in [4.69, 9.17) is 0 Å². The third kappa shape index (κ3) is 5.11. The molecule has 2 rings (SSSR count). The Kier molecular flexibility index (Phi) is 8.04. The number of hydrogen-bond donors (Lipinski definition) is 1. The summed E-state index contributed by atoms with van der Waals surface area (Å²) in [4.78, 5) is 21.0. The van der Waals surface area contributed by atoms with Crippen molar-refractivity contribution in [1.82, 2.24) is 15.1 Å². The number of nitrogens with one attached hydrogen (secondary N) is 1. The molecule has 0 aliphatic carbocycles. The molecule has 2 aliphatic heterocycles. The maximum Gasteiger partial charge on any atom is 0.222 e. The topological polar surface area (TPSA) is 47.9 Å². The van der Waals surface area contributed by atoms with Crippen LogP contribution in [0.3, 0.4) is 0 Å². The van der Waals surface area contributed by atoms with Gasteiger partial charge in [-0.2, -0.15) is 0 Å². The Labute approximate surface area is 154 Å². The molecule has 1 amide bonds. The van der Waals surface area contributed by atoms with Crippen LogP contribution in [0, 0.1) is 11.8 Å². The van der Waals surface area contributed by atoms with Crippen LogP contribution in [0.4, 0.5) is 0 Å². The van der Waals surface area contributed by atoms with E-state index in [9.17, 15) is 4.79 Å². The zero-order valence-corrected chi connectivity index (χ0v) is 16.8. The highest BCUT2D eigenvalue weighted by Crippen LogP contribution is 2.28. The Hall–Kier alpha value is -1.26. The van der Waals surface area contributed by atoms with Gasteiger partial charge in [-0.3, -0.25) is 9.79 Å². The molecule has 1 N–H and O–H groups in total. The molecule has 2 heterocycles. The molecule has 5 nitrogen and oxygen atoms in total. The minimum absolute atomic E-state index is 0.337. The van der Waals surface area contributed by atoms with Gasteiger partial charge in [0.25, 0.3) is 0 Å². The minimum atomic E-state index is 0.337. The van der Waals surface area contributed by atoms with Crippen LogP contribution < -0.4 is 5.32 Å². The van der Waals surface area contributed by atoms with Crippen molar-refractivity contribution >= 4 is 11.9 Å². The van der Waals surface area contributed by atoms with E-state index >= 15 is 0 Å². The van der Waals surface area contributed by atoms with E-state index in [-0.39, 0.29) is 0 Å². The third-order valence-electron chi connectivity index (χ3n) is 6.23. The van der Waals surface area contributed by atoms with E-state index in [0.717, 1.165) is 69.7 Å². The average Bonchev–Trinajstić information content (AvgIpc) is 3.26. The molecule has 0 aromatic rings. The van der Waals surface area contributed by atoms with Crippen LogP contribution in [-0.4, -0.2) is 60.9 Å². The van der Waals surface area contributed by atoms with E-state index in [1.807, 2.05) is 7.05 Å². The van der Waals surface area contributed by atoms with Gasteiger partial charge in [0.15, 0.2) is 5.96 Å². The second-order valence-corrected chi connectivity index (χ2v) is 7.59. The number of rotatable bonds is 8. The minimum Gasteiger partial charge on any atom is -0.356 e. The Balaban J connectivity index is 1.79. The van der Waals surface area contributed by atoms with Crippen molar-refractivity contribution in [1.29, 1.82) is 0 Å². The number of carbonyl (C=O) groups excluding carboxylic acids is 1. The number of nitrogens with zero attached hydrogens (tertiary/aromatic N) is 3. The SMILES string of the molecule is CCC(CC)C1CCN(C(=NC)NCCC(CC)N2CCCC2=O)C1. The van der Waals surface area contributed by atoms with Crippen LogP contribution in [0.2, 0.25) is 0 Å². The second-order valence-electron chi connectivity index (χ2n) is 7.59. The van der Waals surface area contributed by atoms with Gasteiger partial charge < -0.3 is 15.1 Å². The first-order chi connectivity index (χ1) is 12.1. The number of hydrogen-bond acceptors (Lipinski definition) is 2. The highest BCUT2D eigenvalue weighted by atomic mass is 16.2. The van der Waals surface area contributed by atoms with Crippen molar-refractivity contribution in [3.8, 4) is 0 Å². The zero-order valence-electron chi connectivity index (χ0n) is 16.8. The molecule has 2 saturated heterocycles. The van der Waals surface area contributed by atoms with Gasteiger partial charge in [0.2, 0.25) is 5.91 Å². The van der Waals surface area contributed by atoms with Crippen LogP contribution in [0.25, 0.3) is 0 Å². The summed E-state index contributed by atoms with van der Waals surface area (Å²) < 4.78 is 0. The van der Waals surface area contributed by atoms with E-state index < -0.39 is 0 Å². The predicted octanol–water partition coefficient (Wildman–Crippen LogP) is 3.11. The molecular formula is C20H38N4O. The van der Waals surface area contributed by atoms with Crippen LogP contribution in [-0.2, 0) is 4.79 Å². The number of carbonyl (C=O) groups is 1. The Morgan fingerprint density at radius 1 is 1.24 bits per heavy atom. The highest BCUT2D eigenvalue weighted by molar-refractivity contribution is 5.80. The van der Waals surface area contributed by atoms with E-state index in [1.165, 1.54) is 19.3 Å². The van der Waals surface area contributed by atoms with Gasteiger partial charge in [-0.25, -0.2) is 0 Å². The molecule has 2 aliphatic rings. The summed E-state index contributed by atoms with van der Waals surface area (Å²) in [5.41, 5.74) is 0. The van der Waals surface area contributed by atoms with E-state index in [1.54, 1.807) is 0 Å². The molecule has 2 fully saturated rings. The molecule has 0 aromatic carbocycles. The lowest BCUT2D eigenvalue weighted by molar-refractivity contribution is -0.129. The number of guanidine groups is 1. The normalized spacial score (nSPS) is 23.0. The Bertz CT molecular complexity index is 447. The summed E-state index contributed by atoms with van der Waals surface area (Å²) in [7, 11) is 1.88. The maximum absolute atomic E-state index is 12.0. The molecule has 144 valence electrons. The van der Waals surface area contributed by atoms with Crippen molar-refractivity contribution < 1.29 is 4.79 Å². The lowest BCUT2D eigenvalue weighted by atomic mass is 9.87. The molecule has 0 radical (unpaired) electrons. The molecule has 5 heteroatoms. The Morgan fingerprint density at radius 3 is 2.56 bits per heavy atom. The van der Waals surface area contributed by atoms with Gasteiger partial charge in [0.05, 0.1) is 0 Å². The number of amides is 1. The lowest BCUT2D eigenvalue weighted by Gasteiger charge is -2.28. The van der Waals surface area contributed by atoms with Gasteiger partial charge in [0.1, 0.15) is 0 Å². The summed E-state index contributed by atoms with van der Waals surface area (Å²) in [6.45, 7) is 10.9. The number of likely N-dealkylation sites (tertiary alicyclic amines) is 2. The van der Waals surface area contributed by atoms with Gasteiger partial charge in [-0.15, -0.1) is 0 Å². The summed E-state index contributed by atoms with van der Waals surface area (Å²) in [5.74, 6) is 3.02. The summed E-state index contributed by atoms with van der Waals surface area (Å²) >= 11 is 0. The summed E-state index contributed by atoms with van der Waals surface area (Å²) in [6.07, 6.45) is 7.64. The molecule has 2 atom stereocenters. The van der Waals surface area contributed by atoms with Gasteiger partial charge in [0, 0.05) is 45.7 Å². The van der Waals surface area contributed by atoms with E-state index in [2.05, 4.69) is 40.9 Å². The summed E-state index contributed by atoms with van der Waals surface area (Å²) in [5, 5.41) is 3.55. The highest BCUT2D eigenvalue weighted by Gasteiger charge is 2.30. The van der Waals surface area contributed by atoms with Gasteiger partial charge in [-0.1, -0.05) is 33.6 Å². The van der Waals surface area contributed by atoms with Crippen molar-refractivity contribution in [3.63, 3.8) is 0 Å². The van der Waals surface area contributed by atoms with Crippen LogP contribution >= 0.6 is 0 Å². The zero-order chi connectivity index (χ0) is 18.2. The molecule has 0 spiro atoms. The Morgan fingerprint density at radius 2 is 2.00 bits per heavy atom. The molecule has 25 heavy (non-hydrogen) atoms. The third-order valence-corrected chi connectivity index (χ3v) is 6.23. The first-order valence-electron chi connectivity index (χ1n) is 10.4. The quantitative estimate of drug-likeness (QED) is 0.540. The standard InChI is InChI=1S/C20H38N4O/c1-5-16(6-2)17-11-14-23(15-17)20(21-4)22-12-10-18(7-3)24-13-8-9-19(24)25/h16-18H,5-15H2,1-4H3,(H,21,22).